The summed E-state index contributed by atoms with van der Waals surface area (Å²) in [4.78, 5) is 0. The van der Waals surface area contributed by atoms with Gasteiger partial charge in [-0.15, -0.1) is 24.8 Å². The van der Waals surface area contributed by atoms with Crippen LogP contribution >= 0.6 is 48.0 Å². The van der Waals surface area contributed by atoms with Crippen LogP contribution < -0.4 is 9.81 Å². The van der Waals surface area contributed by atoms with Gasteiger partial charge in [-0.25, -0.2) is 0 Å². The number of benzene rings is 4. The van der Waals surface area contributed by atoms with Crippen LogP contribution in [0.4, 0.5) is 0 Å². The number of hydrogen-bond acceptors (Lipinski definition) is 0. The molecule has 1 unspecified atom stereocenters. The average Bonchev–Trinajstić information content (AvgIpc) is 3.61. The molecule has 0 nitrogen and oxygen atoms in total. The molecule has 0 saturated carbocycles. The fourth-order valence-corrected chi connectivity index (χ4v) is 28.0. The summed E-state index contributed by atoms with van der Waals surface area (Å²) in [7, 11) is 0. The Morgan fingerprint density at radius 3 is 1.69 bits per heavy atom. The number of allylic oxidation sites excluding steroid dienone is 4. The van der Waals surface area contributed by atoms with Crippen molar-refractivity contribution in [3.05, 3.63) is 131 Å². The zero-order chi connectivity index (χ0) is 36.8. The monoisotopic (exact) mass is 852 g/mol. The van der Waals surface area contributed by atoms with Gasteiger partial charge >= 0.3 is 316 Å². The van der Waals surface area contributed by atoms with Gasteiger partial charge in [0.25, 0.3) is 0 Å². The van der Waals surface area contributed by atoms with Crippen LogP contribution in [0.15, 0.2) is 87.7 Å². The van der Waals surface area contributed by atoms with Gasteiger partial charge < -0.3 is 0 Å². The van der Waals surface area contributed by atoms with Crippen molar-refractivity contribution in [2.24, 2.45) is 11.3 Å². The maximum atomic E-state index is 7.06. The first-order chi connectivity index (χ1) is 23.1. The van der Waals surface area contributed by atoms with Gasteiger partial charge in [-0.05, 0) is 0 Å². The number of fused-ring (bicyclic) bond motifs is 3. The second-order valence-corrected chi connectivity index (χ2v) is 31.9. The van der Waals surface area contributed by atoms with Crippen LogP contribution in [-0.4, -0.2) is 4.21 Å². The van der Waals surface area contributed by atoms with E-state index in [2.05, 4.69) is 150 Å². The number of halogens is 4. The fraction of sp³-hybridized carbons (Fsp3) is 0.383. The minimum atomic E-state index is -5.28. The molecule has 0 saturated heterocycles. The van der Waals surface area contributed by atoms with Crippen LogP contribution in [-0.2, 0) is 35.5 Å². The SMILES string of the molecule is Cl.Cl.[CH2]=[Zr]([C]1=CC(C(C)(C)C)=CC1CC)([c]1cccc(Cl)c1)([c]1cccc(Cl)c1)[c]1c(C)c(C(C)(C)C)cc2c1Cc1cc(C)c(C(C)(C)C)cc1-2. The van der Waals surface area contributed by atoms with Gasteiger partial charge in [-0.2, -0.15) is 0 Å². The molecule has 0 heterocycles. The summed E-state index contributed by atoms with van der Waals surface area (Å²) in [5, 5.41) is 1.50. The van der Waals surface area contributed by atoms with Gasteiger partial charge in [0.1, 0.15) is 0 Å². The Morgan fingerprint density at radius 1 is 0.712 bits per heavy atom. The third kappa shape index (κ3) is 6.77. The molecule has 0 N–H and O–H groups in total. The molecule has 5 heteroatoms. The van der Waals surface area contributed by atoms with Gasteiger partial charge in [-0.1, -0.05) is 0 Å². The van der Waals surface area contributed by atoms with Crippen molar-refractivity contribution in [3.8, 4) is 11.1 Å². The van der Waals surface area contributed by atoms with E-state index in [9.17, 15) is 0 Å². The maximum absolute atomic E-state index is 7.06. The Bertz CT molecular complexity index is 2130. The molecular weight excluding hydrogens is 798 g/mol. The summed E-state index contributed by atoms with van der Waals surface area (Å²) in [6.07, 6.45) is 7.02. The van der Waals surface area contributed by atoms with Gasteiger partial charge in [0.2, 0.25) is 0 Å². The molecule has 4 aromatic carbocycles. The molecule has 1 atom stereocenters. The predicted molar refractivity (Wildman–Crippen MR) is 234 cm³/mol. The van der Waals surface area contributed by atoms with Gasteiger partial charge in [0, 0.05) is 0 Å². The van der Waals surface area contributed by atoms with E-state index in [1.54, 1.807) is 0 Å². The van der Waals surface area contributed by atoms with Crippen LogP contribution in [0.2, 0.25) is 10.0 Å². The standard InChI is InChI=1S/C23H29.C11H17.2C6H4Cl.CH2.2ClH.Zr/c1-14-9-16-11-17-10-15(2)21(23(6,7)8)13-19(17)18(16)12-20(14)22(3,4)5;1-5-9-6-7-10(8-9)11(2,3)4;2*7-6-4-2-1-3-5-6;;;;/h9,12-13H,11H2,1-8H3;7-9H,5H2,1-4H3;2*1-2,4-5H;1H2;2*1H;. The second kappa shape index (κ2) is 14.4. The first-order valence-electron chi connectivity index (χ1n) is 18.4. The van der Waals surface area contributed by atoms with E-state index >= 15 is 0 Å². The summed E-state index contributed by atoms with van der Waals surface area (Å²) in [6.45, 7) is 28.1. The van der Waals surface area contributed by atoms with Crippen molar-refractivity contribution in [2.75, 3.05) is 0 Å². The first kappa shape index (κ1) is 43.0. The minimum absolute atomic E-state index is 0. The molecule has 0 fully saturated rings. The molecule has 2 aliphatic rings. The summed E-state index contributed by atoms with van der Waals surface area (Å²) in [6, 6.07) is 25.0. The summed E-state index contributed by atoms with van der Waals surface area (Å²) < 4.78 is 11.4. The Labute approximate surface area is 337 Å². The van der Waals surface area contributed by atoms with Crippen molar-refractivity contribution < 1.29 is 18.3 Å². The third-order valence-corrected chi connectivity index (χ3v) is 29.0. The molecule has 0 amide bonds. The normalized spacial score (nSPS) is 16.0. The van der Waals surface area contributed by atoms with Crippen LogP contribution in [0.25, 0.3) is 11.1 Å². The Morgan fingerprint density at radius 2 is 1.23 bits per heavy atom. The molecule has 278 valence electrons. The van der Waals surface area contributed by atoms with Gasteiger partial charge in [0.05, 0.1) is 0 Å². The zero-order valence-corrected chi connectivity index (χ0v) is 38.9. The van der Waals surface area contributed by atoms with Crippen molar-refractivity contribution in [1.82, 2.24) is 0 Å². The average molecular weight is 856 g/mol. The number of aryl methyl sites for hydroxylation is 1. The first-order valence-corrected chi connectivity index (χ1v) is 25.8. The molecule has 2 aliphatic carbocycles. The van der Waals surface area contributed by atoms with E-state index in [-0.39, 0.29) is 47.0 Å². The van der Waals surface area contributed by atoms with Crippen LogP contribution in [0.3, 0.4) is 0 Å². The third-order valence-electron chi connectivity index (χ3n) is 11.9. The number of hydrogen-bond donors (Lipinski definition) is 0. The van der Waals surface area contributed by atoms with Crippen LogP contribution in [0.1, 0.15) is 109 Å². The zero-order valence-electron chi connectivity index (χ0n) is 33.3. The van der Waals surface area contributed by atoms with Gasteiger partial charge in [0.15, 0.2) is 0 Å². The van der Waals surface area contributed by atoms with Crippen molar-refractivity contribution in [3.63, 3.8) is 0 Å². The van der Waals surface area contributed by atoms with E-state index in [0.29, 0.717) is 0 Å². The van der Waals surface area contributed by atoms with E-state index in [1.165, 1.54) is 63.2 Å². The molecule has 52 heavy (non-hydrogen) atoms. The summed E-state index contributed by atoms with van der Waals surface area (Å²) >= 11 is 8.83. The number of rotatable bonds is 5. The Hall–Kier alpha value is -1.73. The van der Waals surface area contributed by atoms with Gasteiger partial charge in [-0.3, -0.25) is 0 Å². The topological polar surface area (TPSA) is 0 Å². The molecule has 0 spiro atoms. The van der Waals surface area contributed by atoms with Crippen molar-refractivity contribution in [2.45, 2.75) is 107 Å². The Balaban J connectivity index is 0.00000302. The van der Waals surface area contributed by atoms with E-state index < -0.39 is 18.3 Å². The predicted octanol–water partition coefficient (Wildman–Crippen LogP) is 12.9. The molecule has 4 aromatic rings. The molecular formula is C47H58Cl4Zr. The molecule has 0 aromatic heterocycles. The molecule has 0 bridgehead atoms. The van der Waals surface area contributed by atoms with E-state index in [4.69, 9.17) is 27.4 Å². The van der Waals surface area contributed by atoms with E-state index in [0.717, 1.165) is 22.9 Å². The Kier molecular flexibility index (Phi) is 11.9. The molecule has 0 aliphatic heterocycles. The summed E-state index contributed by atoms with van der Waals surface area (Å²) in [5.41, 5.74) is 12.5. The van der Waals surface area contributed by atoms with Crippen LogP contribution in [0, 0.1) is 25.2 Å². The fourth-order valence-electron chi connectivity index (χ4n) is 9.55. The molecule has 0 radical (unpaired) electrons. The summed E-state index contributed by atoms with van der Waals surface area (Å²) in [5.74, 6) is 0.247. The van der Waals surface area contributed by atoms with Crippen molar-refractivity contribution >= 4 is 62.0 Å². The van der Waals surface area contributed by atoms with E-state index in [1.807, 2.05) is 12.1 Å². The van der Waals surface area contributed by atoms with Crippen LogP contribution in [0.5, 0.6) is 0 Å². The quantitative estimate of drug-likeness (QED) is 0.165. The second-order valence-electron chi connectivity index (χ2n) is 18.4. The van der Waals surface area contributed by atoms with Crippen molar-refractivity contribution in [1.29, 1.82) is 0 Å². The molecule has 6 rings (SSSR count).